The molecule has 0 saturated carbocycles. The number of thiophene rings is 1. The lowest BCUT2D eigenvalue weighted by Gasteiger charge is -2.12. The molecule has 3 aromatic heterocycles. The van der Waals surface area contributed by atoms with Gasteiger partial charge in [0, 0.05) is 21.0 Å². The van der Waals surface area contributed by atoms with Gasteiger partial charge in [-0.25, -0.2) is 0 Å². The van der Waals surface area contributed by atoms with Crippen LogP contribution in [0.25, 0.3) is 5.00 Å². The fourth-order valence-corrected chi connectivity index (χ4v) is 5.60. The Morgan fingerprint density at radius 2 is 1.80 bits per heavy atom. The summed E-state index contributed by atoms with van der Waals surface area (Å²) in [5.74, 6) is 13.5. The number of fused-ring (bicyclic) bond motifs is 3. The van der Waals surface area contributed by atoms with Gasteiger partial charge in [-0.15, -0.1) is 33.9 Å². The molecule has 1 aromatic carbocycles. The standard InChI is InChI=1S/C29H25ClN6O2S.ClH/c1-17-18(2)39-29-26(17)27(20-8-10-21(30)11-9-20)33-24(28-35-34-19(3)36(28)29)16-25(37)32-15-5-7-23-13-12-22(38-23)6-4-14-31;/h8-13,24H,14-16,31H2,1-3H3,(H,32,37);1H. The quantitative estimate of drug-likeness (QED) is 0.334. The van der Waals surface area contributed by atoms with Crippen LogP contribution in [0.15, 0.2) is 45.8 Å². The Hall–Kier alpha value is -3.86. The maximum absolute atomic E-state index is 13.0. The van der Waals surface area contributed by atoms with E-state index in [-0.39, 0.29) is 37.8 Å². The summed E-state index contributed by atoms with van der Waals surface area (Å²) in [5, 5.41) is 13.3. The number of rotatable bonds is 4. The molecule has 5 rings (SSSR count). The number of hydrogen-bond donors (Lipinski definition) is 2. The number of furan rings is 1. The molecule has 11 heteroatoms. The number of nitrogens with zero attached hydrogens (tertiary/aromatic N) is 4. The molecule has 0 spiro atoms. The van der Waals surface area contributed by atoms with Crippen molar-refractivity contribution in [3.63, 3.8) is 0 Å². The van der Waals surface area contributed by atoms with Crippen molar-refractivity contribution in [2.75, 3.05) is 13.1 Å². The molecule has 0 fully saturated rings. The molecule has 1 aliphatic rings. The van der Waals surface area contributed by atoms with Gasteiger partial charge in [0.1, 0.15) is 16.9 Å². The van der Waals surface area contributed by atoms with Gasteiger partial charge in [0.25, 0.3) is 0 Å². The van der Waals surface area contributed by atoms with Crippen LogP contribution in [0.3, 0.4) is 0 Å². The minimum absolute atomic E-state index is 0. The van der Waals surface area contributed by atoms with Crippen molar-refractivity contribution in [2.45, 2.75) is 33.2 Å². The lowest BCUT2D eigenvalue weighted by Crippen LogP contribution is -2.25. The van der Waals surface area contributed by atoms with Crippen LogP contribution in [0.5, 0.6) is 0 Å². The first-order valence-electron chi connectivity index (χ1n) is 12.3. The maximum Gasteiger partial charge on any atom is 0.223 e. The molecular formula is C29H26Cl2N6O2S. The van der Waals surface area contributed by atoms with Crippen LogP contribution in [0.4, 0.5) is 0 Å². The normalized spacial score (nSPS) is 13.3. The SMILES string of the molecule is Cc1sc2c(c1C)C(c1ccc(Cl)cc1)=NC(CC(=O)NCC#Cc1ccc(C#CCN)o1)c1nnc(C)n1-2.Cl. The number of carbonyl (C=O) groups is 1. The van der Waals surface area contributed by atoms with E-state index in [1.54, 1.807) is 23.5 Å². The van der Waals surface area contributed by atoms with Crippen LogP contribution in [0, 0.1) is 44.5 Å². The Kier molecular flexibility index (Phi) is 9.14. The number of aryl methyl sites for hydroxylation is 2. The molecule has 4 heterocycles. The number of halogens is 2. The molecular weight excluding hydrogens is 567 g/mol. The smallest absolute Gasteiger partial charge is 0.223 e. The Morgan fingerprint density at radius 1 is 1.10 bits per heavy atom. The zero-order valence-electron chi connectivity index (χ0n) is 22.0. The van der Waals surface area contributed by atoms with Gasteiger partial charge in [-0.05, 0) is 62.4 Å². The molecule has 40 heavy (non-hydrogen) atoms. The van der Waals surface area contributed by atoms with Gasteiger partial charge < -0.3 is 15.5 Å². The summed E-state index contributed by atoms with van der Waals surface area (Å²) in [6.45, 7) is 6.50. The summed E-state index contributed by atoms with van der Waals surface area (Å²) < 4.78 is 7.53. The molecule has 1 amide bonds. The predicted molar refractivity (Wildman–Crippen MR) is 160 cm³/mol. The van der Waals surface area contributed by atoms with E-state index < -0.39 is 6.04 Å². The summed E-state index contributed by atoms with van der Waals surface area (Å²) in [6.07, 6.45) is 0.0868. The van der Waals surface area contributed by atoms with Crippen molar-refractivity contribution in [3.8, 4) is 28.7 Å². The van der Waals surface area contributed by atoms with Crippen molar-refractivity contribution in [2.24, 2.45) is 10.7 Å². The lowest BCUT2D eigenvalue weighted by molar-refractivity contribution is -0.121. The molecule has 1 unspecified atom stereocenters. The van der Waals surface area contributed by atoms with Crippen molar-refractivity contribution in [3.05, 3.63) is 86.2 Å². The van der Waals surface area contributed by atoms with Gasteiger partial charge in [-0.1, -0.05) is 35.6 Å². The van der Waals surface area contributed by atoms with Crippen LogP contribution >= 0.6 is 35.3 Å². The van der Waals surface area contributed by atoms with Gasteiger partial charge in [0.15, 0.2) is 17.3 Å². The van der Waals surface area contributed by atoms with Crippen LogP contribution in [0.2, 0.25) is 5.02 Å². The Labute approximate surface area is 247 Å². The van der Waals surface area contributed by atoms with Crippen LogP contribution in [0.1, 0.15) is 57.2 Å². The van der Waals surface area contributed by atoms with E-state index in [9.17, 15) is 4.79 Å². The average Bonchev–Trinajstić information content (AvgIpc) is 3.59. The maximum atomic E-state index is 13.0. The average molecular weight is 594 g/mol. The van der Waals surface area contributed by atoms with Crippen molar-refractivity contribution >= 4 is 47.0 Å². The summed E-state index contributed by atoms with van der Waals surface area (Å²) in [6, 6.07) is 10.5. The second-order valence-electron chi connectivity index (χ2n) is 8.86. The van der Waals surface area contributed by atoms with E-state index in [2.05, 4.69) is 53.0 Å². The zero-order valence-corrected chi connectivity index (χ0v) is 24.4. The third-order valence-electron chi connectivity index (χ3n) is 6.24. The molecule has 1 aliphatic heterocycles. The number of benzene rings is 1. The number of nitrogens with one attached hydrogen (secondary N) is 1. The molecule has 204 valence electrons. The van der Waals surface area contributed by atoms with Crippen LogP contribution in [-0.4, -0.2) is 39.5 Å². The van der Waals surface area contributed by atoms with Gasteiger partial charge in [-0.2, -0.15) is 0 Å². The van der Waals surface area contributed by atoms with E-state index in [4.69, 9.17) is 26.7 Å². The highest BCUT2D eigenvalue weighted by molar-refractivity contribution is 7.15. The summed E-state index contributed by atoms with van der Waals surface area (Å²) in [7, 11) is 0. The summed E-state index contributed by atoms with van der Waals surface area (Å²) >= 11 is 7.84. The number of aliphatic imine (C=N–C) groups is 1. The Balaban J connectivity index is 0.00000370. The van der Waals surface area contributed by atoms with E-state index >= 15 is 0 Å². The highest BCUT2D eigenvalue weighted by Gasteiger charge is 2.32. The van der Waals surface area contributed by atoms with Crippen molar-refractivity contribution in [1.29, 1.82) is 0 Å². The molecule has 8 nitrogen and oxygen atoms in total. The van der Waals surface area contributed by atoms with E-state index in [1.165, 1.54) is 4.88 Å². The first-order chi connectivity index (χ1) is 18.9. The monoisotopic (exact) mass is 592 g/mol. The van der Waals surface area contributed by atoms with Crippen molar-refractivity contribution < 1.29 is 9.21 Å². The predicted octanol–water partition coefficient (Wildman–Crippen LogP) is 4.68. The van der Waals surface area contributed by atoms with Gasteiger partial charge in [-0.3, -0.25) is 14.4 Å². The highest BCUT2D eigenvalue weighted by Crippen LogP contribution is 2.39. The third kappa shape index (κ3) is 5.99. The number of nitrogens with two attached hydrogens (primary N) is 1. The Bertz CT molecular complexity index is 1710. The summed E-state index contributed by atoms with van der Waals surface area (Å²) in [4.78, 5) is 19.3. The first-order valence-corrected chi connectivity index (χ1v) is 13.5. The largest absolute Gasteiger partial charge is 0.439 e. The van der Waals surface area contributed by atoms with E-state index in [1.807, 2.05) is 35.8 Å². The van der Waals surface area contributed by atoms with E-state index in [0.717, 1.165) is 33.2 Å². The molecule has 0 saturated heterocycles. The molecule has 0 bridgehead atoms. The first kappa shape index (κ1) is 29.1. The topological polar surface area (TPSA) is 111 Å². The second kappa shape index (κ2) is 12.5. The van der Waals surface area contributed by atoms with Gasteiger partial charge in [0.2, 0.25) is 5.91 Å². The minimum Gasteiger partial charge on any atom is -0.439 e. The van der Waals surface area contributed by atoms with Crippen LogP contribution in [-0.2, 0) is 4.79 Å². The molecule has 1 atom stereocenters. The highest BCUT2D eigenvalue weighted by atomic mass is 35.5. The molecule has 0 radical (unpaired) electrons. The summed E-state index contributed by atoms with van der Waals surface area (Å²) in [5.41, 5.74) is 9.26. The van der Waals surface area contributed by atoms with E-state index in [0.29, 0.717) is 22.4 Å². The van der Waals surface area contributed by atoms with Gasteiger partial charge in [0.05, 0.1) is 25.2 Å². The van der Waals surface area contributed by atoms with Crippen LogP contribution < -0.4 is 11.1 Å². The molecule has 0 aliphatic carbocycles. The zero-order chi connectivity index (χ0) is 27.5. The second-order valence-corrected chi connectivity index (χ2v) is 10.5. The minimum atomic E-state index is -0.544. The fraction of sp³-hybridized carbons (Fsp3) is 0.241. The molecule has 4 aromatic rings. The van der Waals surface area contributed by atoms with Gasteiger partial charge >= 0.3 is 0 Å². The number of carbonyl (C=O) groups excluding carboxylic acids is 1. The molecule has 3 N–H and O–H groups in total. The number of hydrogen-bond acceptors (Lipinski definition) is 7. The van der Waals surface area contributed by atoms with Crippen molar-refractivity contribution in [1.82, 2.24) is 20.1 Å². The number of amides is 1. The fourth-order valence-electron chi connectivity index (χ4n) is 4.26. The Morgan fingerprint density at radius 3 is 2.50 bits per heavy atom. The number of aromatic nitrogens is 3. The lowest BCUT2D eigenvalue weighted by atomic mass is 9.99. The third-order valence-corrected chi connectivity index (χ3v) is 7.69.